The number of hydrogen-bond acceptors (Lipinski definition) is 9. The van der Waals surface area contributed by atoms with E-state index in [1.54, 1.807) is 13.0 Å². The van der Waals surface area contributed by atoms with Crippen LogP contribution in [0.4, 0.5) is 0 Å². The summed E-state index contributed by atoms with van der Waals surface area (Å²) < 4.78 is 16.8. The molecule has 9 heteroatoms. The number of ether oxygens (including phenoxy) is 3. The highest BCUT2D eigenvalue weighted by Gasteiger charge is 2.69. The molecule has 1 saturated heterocycles. The smallest absolute Gasteiger partial charge is 0.331 e. The summed E-state index contributed by atoms with van der Waals surface area (Å²) in [6.45, 7) is 4.20. The third-order valence-corrected chi connectivity index (χ3v) is 11.6. The van der Waals surface area contributed by atoms with Crippen LogP contribution >= 0.6 is 0 Å². The highest BCUT2D eigenvalue weighted by molar-refractivity contribution is 5.86. The molecule has 0 bridgehead atoms. The first-order chi connectivity index (χ1) is 18.0. The van der Waals surface area contributed by atoms with Crippen LogP contribution in [0.5, 0.6) is 0 Å². The second-order valence-electron chi connectivity index (χ2n) is 13.1. The van der Waals surface area contributed by atoms with Gasteiger partial charge in [0.1, 0.15) is 19.0 Å². The fourth-order valence-corrected chi connectivity index (χ4v) is 9.62. The molecule has 0 aromatic carbocycles. The fraction of sp³-hybridized carbons (Fsp3) is 0.828. The van der Waals surface area contributed by atoms with Crippen LogP contribution in [0.25, 0.3) is 0 Å². The van der Waals surface area contributed by atoms with Crippen LogP contribution in [0, 0.1) is 34.5 Å². The Morgan fingerprint density at radius 3 is 2.58 bits per heavy atom. The fourth-order valence-electron chi connectivity index (χ4n) is 9.62. The van der Waals surface area contributed by atoms with Gasteiger partial charge < -0.3 is 34.3 Å². The quantitative estimate of drug-likeness (QED) is 0.281. The minimum Gasteiger partial charge on any atom is -0.458 e. The SMILES string of the molecule is CC1CC(O)C(=O)C(OC2CC3CCC4C(CCC5(C)C(C6=CC(=O)OC6)CCC45O)C3(C=O)CC2O)O1. The average molecular weight is 533 g/mol. The Balaban J connectivity index is 1.23. The first-order valence-electron chi connectivity index (χ1n) is 14.3. The Hall–Kier alpha value is -1.65. The molecule has 6 rings (SSSR count). The highest BCUT2D eigenvalue weighted by Crippen LogP contribution is 2.69. The summed E-state index contributed by atoms with van der Waals surface area (Å²) in [4.78, 5) is 37.2. The van der Waals surface area contributed by atoms with Gasteiger partial charge in [0.15, 0.2) is 0 Å². The lowest BCUT2D eigenvalue weighted by Gasteiger charge is -2.63. The summed E-state index contributed by atoms with van der Waals surface area (Å²) in [6.07, 6.45) is 3.55. The van der Waals surface area contributed by atoms with Crippen molar-refractivity contribution >= 4 is 18.0 Å². The molecule has 2 heterocycles. The number of carbonyl (C=O) groups excluding carboxylic acids is 3. The van der Waals surface area contributed by atoms with Gasteiger partial charge in [-0.1, -0.05) is 6.92 Å². The van der Waals surface area contributed by atoms with Crippen LogP contribution in [0.1, 0.15) is 71.6 Å². The van der Waals surface area contributed by atoms with E-state index in [1.165, 1.54) is 0 Å². The van der Waals surface area contributed by atoms with Crippen molar-refractivity contribution in [2.75, 3.05) is 6.61 Å². The predicted molar refractivity (Wildman–Crippen MR) is 132 cm³/mol. The molecule has 5 fully saturated rings. The van der Waals surface area contributed by atoms with Gasteiger partial charge in [-0.2, -0.15) is 0 Å². The van der Waals surface area contributed by atoms with Gasteiger partial charge >= 0.3 is 5.97 Å². The topological polar surface area (TPSA) is 140 Å². The number of esters is 1. The molecule has 3 N–H and O–H groups in total. The van der Waals surface area contributed by atoms with Crippen molar-refractivity contribution in [3.05, 3.63) is 11.6 Å². The largest absolute Gasteiger partial charge is 0.458 e. The zero-order valence-corrected chi connectivity index (χ0v) is 22.2. The predicted octanol–water partition coefficient (Wildman–Crippen LogP) is 1.84. The summed E-state index contributed by atoms with van der Waals surface area (Å²) in [7, 11) is 0. The van der Waals surface area contributed by atoms with Crippen molar-refractivity contribution in [2.24, 2.45) is 34.5 Å². The van der Waals surface area contributed by atoms with Crippen molar-refractivity contribution < 1.29 is 43.9 Å². The molecule has 4 saturated carbocycles. The van der Waals surface area contributed by atoms with E-state index in [0.29, 0.717) is 19.4 Å². The van der Waals surface area contributed by atoms with E-state index in [0.717, 1.165) is 44.0 Å². The number of fused-ring (bicyclic) bond motifs is 5. The number of ketones is 1. The number of aliphatic hydroxyl groups is 3. The first-order valence-corrected chi connectivity index (χ1v) is 14.3. The normalized spacial score (nSPS) is 52.4. The van der Waals surface area contributed by atoms with Crippen molar-refractivity contribution in [2.45, 2.75) is 108 Å². The number of aldehydes is 1. The van der Waals surface area contributed by atoms with Gasteiger partial charge in [0.05, 0.1) is 23.9 Å². The monoisotopic (exact) mass is 532 g/mol. The minimum absolute atomic E-state index is 0.0376. The van der Waals surface area contributed by atoms with Gasteiger partial charge in [-0.3, -0.25) is 4.79 Å². The Morgan fingerprint density at radius 1 is 1.08 bits per heavy atom. The highest BCUT2D eigenvalue weighted by atomic mass is 16.7. The molecule has 0 aromatic rings. The van der Waals surface area contributed by atoms with Gasteiger partial charge in [-0.15, -0.1) is 0 Å². The standard InChI is InChI=1S/C29H40O9/c1-15-9-21(31)25(34)26(37-15)38-23-11-17-3-4-20-19(28(17,14-30)12-22(23)32)5-7-27(2)18(6-8-29(20,27)35)16-10-24(33)36-13-16/h10,14-15,17-23,26,31-32,35H,3-9,11-13H2,1-2H3. The Kier molecular flexibility index (Phi) is 6.43. The summed E-state index contributed by atoms with van der Waals surface area (Å²) in [5.41, 5.74) is -1.16. The van der Waals surface area contributed by atoms with E-state index in [2.05, 4.69) is 6.92 Å². The summed E-state index contributed by atoms with van der Waals surface area (Å²) >= 11 is 0. The second kappa shape index (κ2) is 9.20. The first kappa shape index (κ1) is 26.6. The molecule has 4 aliphatic carbocycles. The lowest BCUT2D eigenvalue weighted by Crippen LogP contribution is -2.65. The molecule has 0 aromatic heterocycles. The number of Topliss-reactive ketones (excluding diaryl/α,β-unsaturated/α-hetero) is 1. The Bertz CT molecular complexity index is 1040. The maximum absolute atomic E-state index is 12.9. The number of rotatable bonds is 4. The van der Waals surface area contributed by atoms with E-state index in [4.69, 9.17) is 14.2 Å². The van der Waals surface area contributed by atoms with Crippen LogP contribution in [0.3, 0.4) is 0 Å². The van der Waals surface area contributed by atoms with Gasteiger partial charge in [-0.25, -0.2) is 4.79 Å². The van der Waals surface area contributed by atoms with Crippen LogP contribution < -0.4 is 0 Å². The number of carbonyl (C=O) groups is 3. The van der Waals surface area contributed by atoms with Crippen LogP contribution in [0.15, 0.2) is 11.6 Å². The van der Waals surface area contributed by atoms with Gasteiger partial charge in [0.25, 0.3) is 0 Å². The zero-order valence-electron chi connectivity index (χ0n) is 22.2. The maximum Gasteiger partial charge on any atom is 0.331 e. The van der Waals surface area contributed by atoms with Crippen LogP contribution in [-0.4, -0.2) is 76.3 Å². The molecule has 9 nitrogen and oxygen atoms in total. The maximum atomic E-state index is 12.9. The molecule has 38 heavy (non-hydrogen) atoms. The molecule has 12 unspecified atom stereocenters. The third kappa shape index (κ3) is 3.72. The van der Waals surface area contributed by atoms with Gasteiger partial charge in [0.2, 0.25) is 12.1 Å². The van der Waals surface area contributed by atoms with Crippen molar-refractivity contribution in [3.63, 3.8) is 0 Å². The summed E-state index contributed by atoms with van der Waals surface area (Å²) in [5, 5.41) is 33.6. The molecule has 0 amide bonds. The molecule has 0 radical (unpaired) electrons. The number of aliphatic hydroxyl groups excluding tert-OH is 2. The molecule has 210 valence electrons. The van der Waals surface area contributed by atoms with Crippen LogP contribution in [0.2, 0.25) is 0 Å². The molecule has 0 spiro atoms. The number of cyclic esters (lactones) is 1. The van der Waals surface area contributed by atoms with E-state index < -0.39 is 46.8 Å². The lowest BCUT2D eigenvalue weighted by atomic mass is 9.43. The summed E-state index contributed by atoms with van der Waals surface area (Å²) in [5.74, 6) is -0.938. The van der Waals surface area contributed by atoms with Crippen molar-refractivity contribution in [3.8, 4) is 0 Å². The molecule has 2 aliphatic heterocycles. The molecule has 12 atom stereocenters. The number of hydrogen-bond donors (Lipinski definition) is 3. The van der Waals surface area contributed by atoms with E-state index in [1.807, 2.05) is 0 Å². The molecular formula is C29H40O9. The zero-order chi connectivity index (χ0) is 27.0. The van der Waals surface area contributed by atoms with Crippen LogP contribution in [-0.2, 0) is 28.6 Å². The van der Waals surface area contributed by atoms with Gasteiger partial charge in [0, 0.05) is 23.3 Å². The molecular weight excluding hydrogens is 492 g/mol. The van der Waals surface area contributed by atoms with Gasteiger partial charge in [-0.05, 0) is 87.5 Å². The lowest BCUT2D eigenvalue weighted by molar-refractivity contribution is -0.253. The van der Waals surface area contributed by atoms with Crippen molar-refractivity contribution in [1.82, 2.24) is 0 Å². The minimum atomic E-state index is -1.22. The second-order valence-corrected chi connectivity index (χ2v) is 13.1. The van der Waals surface area contributed by atoms with E-state index in [-0.39, 0.29) is 48.6 Å². The van der Waals surface area contributed by atoms with E-state index >= 15 is 0 Å². The average Bonchev–Trinajstić information content (AvgIpc) is 3.42. The van der Waals surface area contributed by atoms with E-state index in [9.17, 15) is 29.7 Å². The Labute approximate surface area is 222 Å². The Morgan fingerprint density at radius 2 is 1.87 bits per heavy atom. The third-order valence-electron chi connectivity index (χ3n) is 11.6. The summed E-state index contributed by atoms with van der Waals surface area (Å²) in [6, 6.07) is 0. The molecule has 6 aliphatic rings. The van der Waals surface area contributed by atoms with Crippen molar-refractivity contribution in [1.29, 1.82) is 0 Å².